The number of rotatable bonds is 6. The van der Waals surface area contributed by atoms with Gasteiger partial charge >= 0.3 is 24.3 Å². The topological polar surface area (TPSA) is 149 Å². The Bertz CT molecular complexity index is 1190. The number of carbonyl (C=O) groups excluding carboxylic acids is 1. The second-order valence-electron chi connectivity index (χ2n) is 10.5. The maximum Gasteiger partial charge on any atom is 0.490 e. The van der Waals surface area contributed by atoms with Gasteiger partial charge in [-0.1, -0.05) is 0 Å². The van der Waals surface area contributed by atoms with Crippen LogP contribution in [0.3, 0.4) is 0 Å². The first-order chi connectivity index (χ1) is 20.1. The standard InChI is InChI=1S/C22H29N5O2.2C2HF3O2/c28-20(25-11-17-3-4-17)22-6-1-9-26(12-18-5-10-29-15-18)13-19(22)14-27(16-22)21-23-7-2-8-24-21;2*3-2(4,5)1(6)7/h2,5,7-8,10,15,17,19H,1,3-4,6,9,11-14,16H2,(H,25,28);2*(H,6,7)/t19-,22-;;/m0../s1. The number of alkyl halides is 6. The van der Waals surface area contributed by atoms with E-state index in [0.717, 1.165) is 51.5 Å². The zero-order valence-corrected chi connectivity index (χ0v) is 22.8. The van der Waals surface area contributed by atoms with Crippen LogP contribution in [0.2, 0.25) is 0 Å². The smallest absolute Gasteiger partial charge is 0.475 e. The Labute approximate surface area is 241 Å². The second kappa shape index (κ2) is 14.1. The molecule has 3 N–H and O–H groups in total. The van der Waals surface area contributed by atoms with Crippen molar-refractivity contribution >= 4 is 23.8 Å². The molecule has 43 heavy (non-hydrogen) atoms. The first kappa shape index (κ1) is 33.6. The molecule has 0 bridgehead atoms. The first-order valence-electron chi connectivity index (χ1n) is 13.3. The minimum absolute atomic E-state index is 0.234. The van der Waals surface area contributed by atoms with E-state index in [1.165, 1.54) is 18.4 Å². The molecule has 5 rings (SSSR count). The fourth-order valence-corrected chi connectivity index (χ4v) is 5.01. The molecule has 0 spiro atoms. The van der Waals surface area contributed by atoms with Gasteiger partial charge in [0, 0.05) is 56.6 Å². The predicted octanol–water partition coefficient (Wildman–Crippen LogP) is 3.58. The first-order valence-corrected chi connectivity index (χ1v) is 13.3. The highest BCUT2D eigenvalue weighted by molar-refractivity contribution is 5.84. The van der Waals surface area contributed by atoms with Crippen molar-refractivity contribution in [1.29, 1.82) is 0 Å². The lowest BCUT2D eigenvalue weighted by Gasteiger charge is -2.32. The number of nitrogens with zero attached hydrogens (tertiary/aromatic N) is 4. The van der Waals surface area contributed by atoms with E-state index < -0.39 is 24.3 Å². The van der Waals surface area contributed by atoms with Gasteiger partial charge in [-0.2, -0.15) is 26.3 Å². The summed E-state index contributed by atoms with van der Waals surface area (Å²) in [7, 11) is 0. The number of furan rings is 1. The molecular formula is C26H31F6N5O6. The number of carbonyl (C=O) groups is 3. The van der Waals surface area contributed by atoms with E-state index >= 15 is 0 Å². The number of amides is 1. The van der Waals surface area contributed by atoms with E-state index in [4.69, 9.17) is 24.2 Å². The molecule has 2 aromatic heterocycles. The normalized spacial score (nSPS) is 22.2. The Morgan fingerprint density at radius 2 is 1.63 bits per heavy atom. The number of halogens is 6. The van der Waals surface area contributed by atoms with Gasteiger partial charge in [0.15, 0.2) is 0 Å². The van der Waals surface area contributed by atoms with Crippen molar-refractivity contribution in [3.05, 3.63) is 42.6 Å². The van der Waals surface area contributed by atoms with Crippen molar-refractivity contribution in [3.8, 4) is 0 Å². The maximum atomic E-state index is 13.5. The zero-order valence-electron chi connectivity index (χ0n) is 22.8. The monoisotopic (exact) mass is 623 g/mol. The molecule has 1 saturated carbocycles. The average Bonchev–Trinajstić information content (AvgIpc) is 3.54. The van der Waals surface area contributed by atoms with Gasteiger partial charge in [0.2, 0.25) is 11.9 Å². The van der Waals surface area contributed by atoms with Crippen LogP contribution in [-0.4, -0.2) is 88.0 Å². The van der Waals surface area contributed by atoms with Crippen molar-refractivity contribution in [2.45, 2.75) is 44.6 Å². The maximum absolute atomic E-state index is 13.5. The summed E-state index contributed by atoms with van der Waals surface area (Å²) in [5, 5.41) is 17.5. The Morgan fingerprint density at radius 1 is 1.02 bits per heavy atom. The molecule has 1 amide bonds. The van der Waals surface area contributed by atoms with Gasteiger partial charge in [0.05, 0.1) is 17.9 Å². The molecule has 1 aliphatic carbocycles. The summed E-state index contributed by atoms with van der Waals surface area (Å²) >= 11 is 0. The molecule has 17 heteroatoms. The van der Waals surface area contributed by atoms with Crippen LogP contribution in [0.25, 0.3) is 0 Å². The third-order valence-electron chi connectivity index (χ3n) is 7.28. The molecule has 238 valence electrons. The third-order valence-corrected chi connectivity index (χ3v) is 7.28. The summed E-state index contributed by atoms with van der Waals surface area (Å²) < 4.78 is 68.7. The number of fused-ring (bicyclic) bond motifs is 1. The molecular weight excluding hydrogens is 592 g/mol. The SMILES string of the molecule is O=C(NCC1CC1)[C@]12CCCN(Cc3ccoc3)C[C@H]1CN(c1ncccn1)C2.O=C(O)C(F)(F)F.O=C(O)C(F)(F)F. The molecule has 2 aliphatic heterocycles. The largest absolute Gasteiger partial charge is 0.490 e. The van der Waals surface area contributed by atoms with Crippen LogP contribution in [0.4, 0.5) is 32.3 Å². The van der Waals surface area contributed by atoms with Crippen LogP contribution in [0.5, 0.6) is 0 Å². The summed E-state index contributed by atoms with van der Waals surface area (Å²) in [6.07, 6.45) is 1.38. The summed E-state index contributed by atoms with van der Waals surface area (Å²) in [4.78, 5) is 44.9. The highest BCUT2D eigenvalue weighted by Crippen LogP contribution is 2.44. The van der Waals surface area contributed by atoms with E-state index in [9.17, 15) is 31.1 Å². The quantitative estimate of drug-likeness (QED) is 0.408. The van der Waals surface area contributed by atoms with Crippen molar-refractivity contribution < 1.29 is 55.4 Å². The lowest BCUT2D eigenvalue weighted by molar-refractivity contribution is -0.193. The van der Waals surface area contributed by atoms with Crippen LogP contribution in [0, 0.1) is 17.3 Å². The van der Waals surface area contributed by atoms with Crippen LogP contribution in [0.15, 0.2) is 41.5 Å². The molecule has 2 saturated heterocycles. The van der Waals surface area contributed by atoms with Gasteiger partial charge in [0.1, 0.15) is 0 Å². The number of carboxylic acids is 2. The third kappa shape index (κ3) is 9.83. The average molecular weight is 624 g/mol. The lowest BCUT2D eigenvalue weighted by Crippen LogP contribution is -2.48. The molecule has 4 heterocycles. The van der Waals surface area contributed by atoms with Gasteiger partial charge in [-0.15, -0.1) is 0 Å². The van der Waals surface area contributed by atoms with E-state index in [1.54, 1.807) is 18.7 Å². The number of nitrogens with one attached hydrogen (secondary N) is 1. The Hall–Kier alpha value is -3.89. The molecule has 0 unspecified atom stereocenters. The Morgan fingerprint density at radius 3 is 2.14 bits per heavy atom. The van der Waals surface area contributed by atoms with Crippen LogP contribution < -0.4 is 10.2 Å². The van der Waals surface area contributed by atoms with Gasteiger partial charge in [-0.3, -0.25) is 9.69 Å². The lowest BCUT2D eigenvalue weighted by atomic mass is 9.74. The van der Waals surface area contributed by atoms with Crippen LogP contribution >= 0.6 is 0 Å². The van der Waals surface area contributed by atoms with E-state index in [0.29, 0.717) is 12.5 Å². The van der Waals surface area contributed by atoms with Gasteiger partial charge in [-0.25, -0.2) is 19.6 Å². The number of hydrogen-bond donors (Lipinski definition) is 3. The number of aromatic nitrogens is 2. The summed E-state index contributed by atoms with van der Waals surface area (Å²) in [6.45, 7) is 5.15. The fourth-order valence-electron chi connectivity index (χ4n) is 5.01. The molecule has 11 nitrogen and oxygen atoms in total. The summed E-state index contributed by atoms with van der Waals surface area (Å²) in [5.41, 5.74) is 0.830. The van der Waals surface area contributed by atoms with Crippen molar-refractivity contribution in [1.82, 2.24) is 20.2 Å². The molecule has 2 aromatic rings. The van der Waals surface area contributed by atoms with Crippen molar-refractivity contribution in [2.75, 3.05) is 37.6 Å². The van der Waals surface area contributed by atoms with E-state index in [1.807, 2.05) is 18.4 Å². The number of anilines is 1. The van der Waals surface area contributed by atoms with Gasteiger partial charge in [-0.05, 0) is 50.3 Å². The van der Waals surface area contributed by atoms with Crippen molar-refractivity contribution in [3.63, 3.8) is 0 Å². The van der Waals surface area contributed by atoms with Crippen LogP contribution in [0.1, 0.15) is 31.2 Å². The zero-order chi connectivity index (χ0) is 31.8. The number of hydrogen-bond acceptors (Lipinski definition) is 8. The number of likely N-dealkylation sites (tertiary alicyclic amines) is 1. The predicted molar refractivity (Wildman–Crippen MR) is 137 cm³/mol. The fraction of sp³-hybridized carbons (Fsp3) is 0.577. The Kier molecular flexibility index (Phi) is 11.0. The van der Waals surface area contributed by atoms with E-state index in [2.05, 4.69) is 25.1 Å². The van der Waals surface area contributed by atoms with Crippen molar-refractivity contribution in [2.24, 2.45) is 17.3 Å². The molecule has 3 fully saturated rings. The number of aliphatic carboxylic acids is 2. The molecule has 0 aromatic carbocycles. The molecule has 3 aliphatic rings. The Balaban J connectivity index is 0.000000303. The molecule has 2 atom stereocenters. The minimum Gasteiger partial charge on any atom is -0.475 e. The second-order valence-corrected chi connectivity index (χ2v) is 10.5. The minimum atomic E-state index is -5.08. The molecule has 0 radical (unpaired) electrons. The van der Waals surface area contributed by atoms with E-state index in [-0.39, 0.29) is 17.2 Å². The summed E-state index contributed by atoms with van der Waals surface area (Å²) in [6, 6.07) is 3.86. The van der Waals surface area contributed by atoms with Gasteiger partial charge in [0.25, 0.3) is 0 Å². The van der Waals surface area contributed by atoms with Gasteiger partial charge < -0.3 is 24.8 Å². The van der Waals surface area contributed by atoms with Crippen LogP contribution in [-0.2, 0) is 20.9 Å². The summed E-state index contributed by atoms with van der Waals surface area (Å²) in [5.74, 6) is -3.60. The number of carboxylic acid groups (broad SMARTS) is 2. The highest BCUT2D eigenvalue weighted by Gasteiger charge is 2.53. The highest BCUT2D eigenvalue weighted by atomic mass is 19.4.